The highest BCUT2D eigenvalue weighted by Crippen LogP contribution is 2.21. The first-order valence-corrected chi connectivity index (χ1v) is 7.18. The molecule has 5 heteroatoms. The number of hydrogen-bond donors (Lipinski definition) is 2. The lowest BCUT2D eigenvalue weighted by Crippen LogP contribution is -2.11. The van der Waals surface area contributed by atoms with Crippen LogP contribution in [0.25, 0.3) is 11.3 Å². The zero-order chi connectivity index (χ0) is 14.7. The van der Waals surface area contributed by atoms with Crippen LogP contribution < -0.4 is 5.32 Å². The Morgan fingerprint density at radius 3 is 2.62 bits per heavy atom. The number of aromatic amines is 1. The van der Waals surface area contributed by atoms with E-state index in [1.165, 1.54) is 0 Å². The summed E-state index contributed by atoms with van der Waals surface area (Å²) in [6.07, 6.45) is 1.70. The van der Waals surface area contributed by atoms with E-state index in [4.69, 9.17) is 0 Å². The number of halogens is 1. The van der Waals surface area contributed by atoms with E-state index in [2.05, 4.69) is 31.4 Å². The Labute approximate surface area is 130 Å². The molecule has 3 rings (SSSR count). The highest BCUT2D eigenvalue weighted by Gasteiger charge is 2.07. The molecule has 0 saturated heterocycles. The van der Waals surface area contributed by atoms with Crippen molar-refractivity contribution in [3.05, 3.63) is 70.8 Å². The fourth-order valence-corrected chi connectivity index (χ4v) is 2.25. The van der Waals surface area contributed by atoms with Gasteiger partial charge >= 0.3 is 0 Å². The number of anilines is 1. The topological polar surface area (TPSA) is 57.8 Å². The van der Waals surface area contributed by atoms with Gasteiger partial charge in [0.25, 0.3) is 5.91 Å². The molecule has 0 bridgehead atoms. The van der Waals surface area contributed by atoms with Crippen molar-refractivity contribution in [3.63, 3.8) is 0 Å². The Kier molecular flexibility index (Phi) is 3.83. The van der Waals surface area contributed by atoms with E-state index in [9.17, 15) is 4.79 Å². The summed E-state index contributed by atoms with van der Waals surface area (Å²) >= 11 is 3.35. The van der Waals surface area contributed by atoms with Gasteiger partial charge in [0, 0.05) is 27.5 Å². The minimum Gasteiger partial charge on any atom is -0.322 e. The predicted octanol–water partition coefficient (Wildman–Crippen LogP) is 4.09. The van der Waals surface area contributed by atoms with Gasteiger partial charge in [-0.25, -0.2) is 0 Å². The van der Waals surface area contributed by atoms with Crippen LogP contribution in [0.3, 0.4) is 0 Å². The molecule has 0 fully saturated rings. The average molecular weight is 342 g/mol. The monoisotopic (exact) mass is 341 g/mol. The lowest BCUT2D eigenvalue weighted by atomic mass is 10.1. The van der Waals surface area contributed by atoms with Gasteiger partial charge in [-0.15, -0.1) is 0 Å². The smallest absolute Gasteiger partial charge is 0.255 e. The number of carbonyl (C=O) groups excluding carboxylic acids is 1. The first-order chi connectivity index (χ1) is 10.2. The number of hydrogen-bond acceptors (Lipinski definition) is 2. The second-order valence-electron chi connectivity index (χ2n) is 4.51. The molecule has 0 aliphatic carbocycles. The van der Waals surface area contributed by atoms with E-state index in [1.54, 1.807) is 18.3 Å². The third kappa shape index (κ3) is 3.20. The van der Waals surface area contributed by atoms with Crippen LogP contribution in [0.15, 0.2) is 65.3 Å². The summed E-state index contributed by atoms with van der Waals surface area (Å²) < 4.78 is 0.945. The second-order valence-corrected chi connectivity index (χ2v) is 5.43. The molecule has 0 atom stereocenters. The number of aromatic nitrogens is 2. The molecule has 3 aromatic rings. The van der Waals surface area contributed by atoms with Crippen LogP contribution in [0.2, 0.25) is 0 Å². The maximum Gasteiger partial charge on any atom is 0.255 e. The van der Waals surface area contributed by atoms with Crippen molar-refractivity contribution in [2.24, 2.45) is 0 Å². The van der Waals surface area contributed by atoms with Crippen molar-refractivity contribution >= 4 is 27.5 Å². The average Bonchev–Trinajstić information content (AvgIpc) is 3.02. The summed E-state index contributed by atoms with van der Waals surface area (Å²) in [6, 6.07) is 16.7. The van der Waals surface area contributed by atoms with Crippen LogP contribution in [0.5, 0.6) is 0 Å². The Bertz CT molecular complexity index is 751. The van der Waals surface area contributed by atoms with Crippen LogP contribution in [0, 0.1) is 0 Å². The van der Waals surface area contributed by atoms with Crippen LogP contribution in [-0.4, -0.2) is 16.1 Å². The maximum absolute atomic E-state index is 12.2. The van der Waals surface area contributed by atoms with Crippen molar-refractivity contribution in [2.75, 3.05) is 5.32 Å². The van der Waals surface area contributed by atoms with E-state index in [0.717, 1.165) is 21.4 Å². The first kappa shape index (κ1) is 13.6. The molecule has 0 radical (unpaired) electrons. The van der Waals surface area contributed by atoms with E-state index >= 15 is 0 Å². The molecule has 2 aromatic carbocycles. The normalized spacial score (nSPS) is 10.3. The highest BCUT2D eigenvalue weighted by molar-refractivity contribution is 9.10. The Hall–Kier alpha value is -2.40. The van der Waals surface area contributed by atoms with Gasteiger partial charge in [-0.1, -0.05) is 28.1 Å². The first-order valence-electron chi connectivity index (χ1n) is 6.39. The number of benzene rings is 2. The SMILES string of the molecule is O=C(Nc1cccc(-c2ccn[nH]2)c1)c1ccc(Br)cc1. The molecule has 1 amide bonds. The molecule has 21 heavy (non-hydrogen) atoms. The van der Waals surface area contributed by atoms with Gasteiger partial charge in [-0.2, -0.15) is 5.10 Å². The predicted molar refractivity (Wildman–Crippen MR) is 86.1 cm³/mol. The molecule has 0 spiro atoms. The van der Waals surface area contributed by atoms with E-state index in [-0.39, 0.29) is 5.91 Å². The van der Waals surface area contributed by atoms with E-state index < -0.39 is 0 Å². The van der Waals surface area contributed by atoms with Gasteiger partial charge in [-0.3, -0.25) is 9.89 Å². The summed E-state index contributed by atoms with van der Waals surface area (Å²) in [5.74, 6) is -0.135. The van der Waals surface area contributed by atoms with Crippen LogP contribution in [0.4, 0.5) is 5.69 Å². The standard InChI is InChI=1S/C16H12BrN3O/c17-13-6-4-11(5-7-13)16(21)19-14-3-1-2-12(10-14)15-8-9-18-20-15/h1-10H,(H,18,20)(H,19,21). The van der Waals surface area contributed by atoms with Crippen molar-refractivity contribution in [1.29, 1.82) is 0 Å². The zero-order valence-corrected chi connectivity index (χ0v) is 12.6. The molecule has 4 nitrogen and oxygen atoms in total. The molecule has 0 aliphatic rings. The molecular weight excluding hydrogens is 330 g/mol. The Morgan fingerprint density at radius 1 is 1.10 bits per heavy atom. The zero-order valence-electron chi connectivity index (χ0n) is 11.0. The highest BCUT2D eigenvalue weighted by atomic mass is 79.9. The van der Waals surface area contributed by atoms with Gasteiger partial charge in [0.2, 0.25) is 0 Å². The number of nitrogens with zero attached hydrogens (tertiary/aromatic N) is 1. The van der Waals surface area contributed by atoms with E-state index in [1.807, 2.05) is 42.5 Å². The van der Waals surface area contributed by atoms with Gasteiger partial charge < -0.3 is 5.32 Å². The number of amides is 1. The third-order valence-electron chi connectivity index (χ3n) is 3.04. The lowest BCUT2D eigenvalue weighted by Gasteiger charge is -2.07. The molecule has 1 aromatic heterocycles. The molecular formula is C16H12BrN3O. The number of carbonyl (C=O) groups is 1. The molecule has 1 heterocycles. The van der Waals surface area contributed by atoms with Gasteiger partial charge in [0.05, 0.1) is 5.69 Å². The molecule has 104 valence electrons. The van der Waals surface area contributed by atoms with Gasteiger partial charge in [0.15, 0.2) is 0 Å². The summed E-state index contributed by atoms with van der Waals surface area (Å²) in [6.45, 7) is 0. The minimum atomic E-state index is -0.135. The fourth-order valence-electron chi connectivity index (χ4n) is 1.99. The van der Waals surface area contributed by atoms with Gasteiger partial charge in [-0.05, 0) is 42.5 Å². The summed E-state index contributed by atoms with van der Waals surface area (Å²) in [5.41, 5.74) is 3.25. The third-order valence-corrected chi connectivity index (χ3v) is 3.57. The fraction of sp³-hybridized carbons (Fsp3) is 0. The maximum atomic E-state index is 12.2. The van der Waals surface area contributed by atoms with E-state index in [0.29, 0.717) is 5.56 Å². The molecule has 0 saturated carbocycles. The molecule has 2 N–H and O–H groups in total. The Morgan fingerprint density at radius 2 is 1.90 bits per heavy atom. The van der Waals surface area contributed by atoms with Gasteiger partial charge in [0.1, 0.15) is 0 Å². The van der Waals surface area contributed by atoms with Crippen molar-refractivity contribution < 1.29 is 4.79 Å². The minimum absolute atomic E-state index is 0.135. The lowest BCUT2D eigenvalue weighted by molar-refractivity contribution is 0.102. The number of rotatable bonds is 3. The van der Waals surface area contributed by atoms with Crippen molar-refractivity contribution in [2.45, 2.75) is 0 Å². The van der Waals surface area contributed by atoms with Crippen LogP contribution >= 0.6 is 15.9 Å². The largest absolute Gasteiger partial charge is 0.322 e. The molecule has 0 aliphatic heterocycles. The quantitative estimate of drug-likeness (QED) is 0.753. The van der Waals surface area contributed by atoms with Crippen LogP contribution in [0.1, 0.15) is 10.4 Å². The number of H-pyrrole nitrogens is 1. The molecule has 0 unspecified atom stereocenters. The Balaban J connectivity index is 1.80. The van der Waals surface area contributed by atoms with Crippen molar-refractivity contribution in [1.82, 2.24) is 10.2 Å². The summed E-state index contributed by atoms with van der Waals surface area (Å²) in [4.78, 5) is 12.2. The summed E-state index contributed by atoms with van der Waals surface area (Å²) in [7, 11) is 0. The second kappa shape index (κ2) is 5.93. The number of nitrogens with one attached hydrogen (secondary N) is 2. The van der Waals surface area contributed by atoms with Crippen LogP contribution in [-0.2, 0) is 0 Å². The summed E-state index contributed by atoms with van der Waals surface area (Å²) in [5, 5.41) is 9.72. The van der Waals surface area contributed by atoms with Crippen molar-refractivity contribution in [3.8, 4) is 11.3 Å².